The normalized spacial score (nSPS) is 11.8. The number of nitrogens with one attached hydrogen (secondary N) is 1. The molecule has 0 radical (unpaired) electrons. The number of aromatic nitrogens is 6. The minimum atomic E-state index is -0.642. The Morgan fingerprint density at radius 3 is 2.63 bits per heavy atom. The van der Waals surface area contributed by atoms with Crippen LogP contribution in [0.3, 0.4) is 0 Å². The summed E-state index contributed by atoms with van der Waals surface area (Å²) in [5.41, 5.74) is 1.92. The van der Waals surface area contributed by atoms with Crippen LogP contribution in [-0.2, 0) is 18.3 Å². The highest BCUT2D eigenvalue weighted by molar-refractivity contribution is 6.07. The average molecular weight is 401 g/mol. The molecule has 2 aromatic heterocycles. The van der Waals surface area contributed by atoms with E-state index in [9.17, 15) is 9.59 Å². The number of hydrogen-bond acceptors (Lipinski definition) is 6. The smallest absolute Gasteiger partial charge is 0.249 e. The summed E-state index contributed by atoms with van der Waals surface area (Å²) in [5.74, 6) is -0.179. The molecule has 4 aromatic rings. The summed E-state index contributed by atoms with van der Waals surface area (Å²) in [6.45, 7) is 0. The molecule has 2 aromatic carbocycles. The van der Waals surface area contributed by atoms with E-state index in [-0.39, 0.29) is 11.7 Å². The number of carbonyl (C=O) groups is 2. The molecule has 0 fully saturated rings. The number of rotatable bonds is 7. The van der Waals surface area contributed by atoms with E-state index in [1.807, 2.05) is 30.3 Å². The predicted octanol–water partition coefficient (Wildman–Crippen LogP) is 2.06. The number of aryl methyl sites for hydroxylation is 1. The summed E-state index contributed by atoms with van der Waals surface area (Å²) in [6, 6.07) is 15.8. The van der Waals surface area contributed by atoms with Gasteiger partial charge < -0.3 is 9.88 Å². The number of hydrogen-bond donors (Lipinski definition) is 1. The fourth-order valence-electron chi connectivity index (χ4n) is 3.13. The Balaban J connectivity index is 1.55. The highest BCUT2D eigenvalue weighted by atomic mass is 16.2. The quantitative estimate of drug-likeness (QED) is 0.475. The van der Waals surface area contributed by atoms with Gasteiger partial charge in [0.1, 0.15) is 12.4 Å². The molecule has 1 amide bonds. The molecule has 2 heterocycles. The van der Waals surface area contributed by atoms with Crippen LogP contribution in [0.4, 0.5) is 5.69 Å². The van der Waals surface area contributed by atoms with Crippen molar-refractivity contribution in [1.29, 1.82) is 0 Å². The van der Waals surface area contributed by atoms with Gasteiger partial charge in [0, 0.05) is 37.1 Å². The summed E-state index contributed by atoms with van der Waals surface area (Å²) in [6.07, 6.45) is 5.11. The van der Waals surface area contributed by atoms with Crippen molar-refractivity contribution in [3.63, 3.8) is 0 Å². The minimum Gasteiger partial charge on any atom is -0.331 e. The number of benzene rings is 2. The van der Waals surface area contributed by atoms with Crippen LogP contribution in [0.2, 0.25) is 0 Å². The molecule has 1 N–H and O–H groups in total. The molecule has 0 spiro atoms. The zero-order valence-electron chi connectivity index (χ0n) is 16.2. The second-order valence-corrected chi connectivity index (χ2v) is 6.76. The number of carbonyl (C=O) groups excluding carboxylic acids is 2. The molecule has 0 unspecified atom stereocenters. The standard InChI is InChI=1S/C21H19N7O2/c1-27-11-10-22-20(27)19(29)16-8-5-9-17(13-16)24-21(30)18(28-14-23-25-26-28)12-15-6-3-2-4-7-15/h2-11,13-14,18H,12H2,1H3,(H,24,30)/t18-/m0/s1. The van der Waals surface area contributed by atoms with E-state index >= 15 is 0 Å². The molecule has 0 aliphatic heterocycles. The maximum Gasteiger partial charge on any atom is 0.249 e. The van der Waals surface area contributed by atoms with Crippen LogP contribution in [-0.4, -0.2) is 41.4 Å². The molecular weight excluding hydrogens is 382 g/mol. The fraction of sp³-hybridized carbons (Fsp3) is 0.143. The summed E-state index contributed by atoms with van der Waals surface area (Å²) in [7, 11) is 1.76. The van der Waals surface area contributed by atoms with E-state index in [1.165, 1.54) is 11.0 Å². The van der Waals surface area contributed by atoms with Gasteiger partial charge in [0.25, 0.3) is 0 Å². The molecule has 0 bridgehead atoms. The molecule has 0 aliphatic carbocycles. The van der Waals surface area contributed by atoms with E-state index in [4.69, 9.17) is 0 Å². The number of ketones is 1. The van der Waals surface area contributed by atoms with Crippen molar-refractivity contribution >= 4 is 17.4 Å². The van der Waals surface area contributed by atoms with Crippen molar-refractivity contribution in [3.05, 3.63) is 90.3 Å². The SMILES string of the molecule is Cn1ccnc1C(=O)c1cccc(NC(=O)[C@H](Cc2ccccc2)n2cnnn2)c1. The first-order chi connectivity index (χ1) is 14.6. The Bertz CT molecular complexity index is 1150. The maximum atomic E-state index is 13.1. The van der Waals surface area contributed by atoms with Crippen molar-refractivity contribution in [2.75, 3.05) is 5.32 Å². The molecule has 0 aliphatic rings. The van der Waals surface area contributed by atoms with Gasteiger partial charge in [0.15, 0.2) is 5.82 Å². The second kappa shape index (κ2) is 8.48. The van der Waals surface area contributed by atoms with Crippen molar-refractivity contribution in [2.45, 2.75) is 12.5 Å². The summed E-state index contributed by atoms with van der Waals surface area (Å²) in [5, 5.41) is 14.1. The van der Waals surface area contributed by atoms with E-state index < -0.39 is 6.04 Å². The van der Waals surface area contributed by atoms with Crippen molar-refractivity contribution in [2.24, 2.45) is 7.05 Å². The van der Waals surface area contributed by atoms with Gasteiger partial charge in [-0.2, -0.15) is 0 Å². The topological polar surface area (TPSA) is 108 Å². The average Bonchev–Trinajstić information content (AvgIpc) is 3.44. The van der Waals surface area contributed by atoms with Gasteiger partial charge in [0.05, 0.1) is 0 Å². The summed E-state index contributed by atoms with van der Waals surface area (Å²) < 4.78 is 3.08. The number of anilines is 1. The van der Waals surface area contributed by atoms with Gasteiger partial charge in [-0.15, -0.1) is 5.10 Å². The Labute approximate surface area is 172 Å². The third-order valence-electron chi connectivity index (χ3n) is 4.68. The third kappa shape index (κ3) is 4.14. The lowest BCUT2D eigenvalue weighted by Crippen LogP contribution is -2.28. The first kappa shape index (κ1) is 19.2. The second-order valence-electron chi connectivity index (χ2n) is 6.76. The molecule has 0 saturated carbocycles. The molecule has 0 saturated heterocycles. The van der Waals surface area contributed by atoms with Crippen molar-refractivity contribution in [3.8, 4) is 0 Å². The molecule has 1 atom stereocenters. The van der Waals surface area contributed by atoms with E-state index in [2.05, 4.69) is 25.8 Å². The van der Waals surface area contributed by atoms with Gasteiger partial charge in [-0.1, -0.05) is 42.5 Å². The molecule has 150 valence electrons. The lowest BCUT2D eigenvalue weighted by Gasteiger charge is -2.16. The van der Waals surface area contributed by atoms with Crippen molar-refractivity contribution in [1.82, 2.24) is 29.8 Å². The lowest BCUT2D eigenvalue weighted by atomic mass is 10.0. The number of tetrazole rings is 1. The largest absolute Gasteiger partial charge is 0.331 e. The van der Waals surface area contributed by atoms with Crippen molar-refractivity contribution < 1.29 is 9.59 Å². The van der Waals surface area contributed by atoms with Crippen LogP contribution >= 0.6 is 0 Å². The van der Waals surface area contributed by atoms with E-state index in [1.54, 1.807) is 48.3 Å². The Morgan fingerprint density at radius 1 is 1.10 bits per heavy atom. The monoisotopic (exact) mass is 401 g/mol. The van der Waals surface area contributed by atoms with Gasteiger partial charge in [-0.05, 0) is 28.1 Å². The highest BCUT2D eigenvalue weighted by Gasteiger charge is 2.23. The van der Waals surface area contributed by atoms with Crippen LogP contribution in [0.5, 0.6) is 0 Å². The van der Waals surface area contributed by atoms with Crippen LogP contribution < -0.4 is 5.32 Å². The molecule has 9 heteroatoms. The van der Waals surface area contributed by atoms with Crippen LogP contribution in [0.15, 0.2) is 73.3 Å². The minimum absolute atomic E-state index is 0.222. The molecular formula is C21H19N7O2. The Hall–Kier alpha value is -4.14. The first-order valence-corrected chi connectivity index (χ1v) is 9.31. The lowest BCUT2D eigenvalue weighted by molar-refractivity contribution is -0.119. The zero-order chi connectivity index (χ0) is 20.9. The maximum absolute atomic E-state index is 13.1. The zero-order valence-corrected chi connectivity index (χ0v) is 16.2. The number of amides is 1. The summed E-state index contributed by atoms with van der Waals surface area (Å²) in [4.78, 5) is 29.8. The molecule has 4 rings (SSSR count). The van der Waals surface area contributed by atoms with Gasteiger partial charge in [0.2, 0.25) is 11.7 Å². The third-order valence-corrected chi connectivity index (χ3v) is 4.68. The van der Waals surface area contributed by atoms with Gasteiger partial charge in [-0.3, -0.25) is 9.59 Å². The molecule has 30 heavy (non-hydrogen) atoms. The molecule has 9 nitrogen and oxygen atoms in total. The fourth-order valence-corrected chi connectivity index (χ4v) is 3.13. The number of imidazole rings is 1. The van der Waals surface area contributed by atoms with Crippen LogP contribution in [0, 0.1) is 0 Å². The Morgan fingerprint density at radius 2 is 1.93 bits per heavy atom. The van der Waals surface area contributed by atoms with Gasteiger partial charge in [-0.25, -0.2) is 9.67 Å². The summed E-state index contributed by atoms with van der Waals surface area (Å²) >= 11 is 0. The van der Waals surface area contributed by atoms with Gasteiger partial charge >= 0.3 is 0 Å². The number of nitrogens with zero attached hydrogens (tertiary/aromatic N) is 6. The van der Waals surface area contributed by atoms with Crippen LogP contribution in [0.1, 0.15) is 27.8 Å². The first-order valence-electron chi connectivity index (χ1n) is 9.31. The van der Waals surface area contributed by atoms with E-state index in [0.717, 1.165) is 5.56 Å². The Kier molecular flexibility index (Phi) is 5.42. The predicted molar refractivity (Wildman–Crippen MR) is 109 cm³/mol. The van der Waals surface area contributed by atoms with E-state index in [0.29, 0.717) is 23.5 Å². The van der Waals surface area contributed by atoms with Crippen LogP contribution in [0.25, 0.3) is 0 Å². The highest BCUT2D eigenvalue weighted by Crippen LogP contribution is 2.18.